The Kier molecular flexibility index (Phi) is 5.68. The minimum absolute atomic E-state index is 0.847. The van der Waals surface area contributed by atoms with Gasteiger partial charge in [-0.3, -0.25) is 4.98 Å². The normalized spacial score (nSPS) is 10.9. The Bertz CT molecular complexity index is 1590. The van der Waals surface area contributed by atoms with Crippen LogP contribution >= 0.6 is 0 Å². The van der Waals surface area contributed by atoms with Gasteiger partial charge in [-0.05, 0) is 71.6 Å². The first-order valence-electron chi connectivity index (χ1n) is 11.9. The van der Waals surface area contributed by atoms with Crippen molar-refractivity contribution in [1.29, 1.82) is 0 Å². The number of para-hydroxylation sites is 2. The highest BCUT2D eigenvalue weighted by Gasteiger charge is 2.13. The van der Waals surface area contributed by atoms with E-state index in [-0.39, 0.29) is 0 Å². The van der Waals surface area contributed by atoms with E-state index in [2.05, 4.69) is 124 Å². The first-order valence-corrected chi connectivity index (χ1v) is 11.9. The molecule has 0 amide bonds. The molecule has 0 fully saturated rings. The molecule has 0 saturated heterocycles. The van der Waals surface area contributed by atoms with Gasteiger partial charge in [0.25, 0.3) is 0 Å². The van der Waals surface area contributed by atoms with Crippen molar-refractivity contribution in [3.63, 3.8) is 0 Å². The Balaban J connectivity index is 1.38. The van der Waals surface area contributed by atoms with Crippen LogP contribution in [0.3, 0.4) is 0 Å². The topological polar surface area (TPSA) is 41.9 Å². The first kappa shape index (κ1) is 21.7. The smallest absolute Gasteiger partial charge is 0.0919 e. The fourth-order valence-electron chi connectivity index (χ4n) is 4.69. The number of rotatable bonds is 5. The third kappa shape index (κ3) is 4.10. The molecular weight excluding hydrogens is 440 g/mol. The summed E-state index contributed by atoms with van der Waals surface area (Å²) in [7, 11) is 0. The van der Waals surface area contributed by atoms with Crippen molar-refractivity contribution in [3.8, 4) is 22.3 Å². The van der Waals surface area contributed by atoms with E-state index in [1.807, 2.05) is 18.3 Å². The fourth-order valence-corrected chi connectivity index (χ4v) is 4.69. The lowest BCUT2D eigenvalue weighted by atomic mass is 9.93. The molecule has 4 nitrogen and oxygen atoms in total. The van der Waals surface area contributed by atoms with E-state index in [0.717, 1.165) is 39.1 Å². The third-order valence-corrected chi connectivity index (χ3v) is 6.50. The second-order valence-electron chi connectivity index (χ2n) is 8.72. The zero-order valence-corrected chi connectivity index (χ0v) is 19.9. The summed E-state index contributed by atoms with van der Waals surface area (Å²) in [6.07, 6.45) is 5.36. The molecule has 2 aromatic heterocycles. The van der Waals surface area contributed by atoms with Crippen LogP contribution in [-0.2, 0) is 0 Å². The average molecular weight is 465 g/mol. The highest BCUT2D eigenvalue weighted by molar-refractivity contribution is 5.85. The molecule has 0 radical (unpaired) electrons. The minimum Gasteiger partial charge on any atom is -0.311 e. The zero-order valence-electron chi connectivity index (χ0n) is 19.9. The van der Waals surface area contributed by atoms with Crippen LogP contribution in [0.5, 0.6) is 0 Å². The second kappa shape index (κ2) is 9.43. The molecule has 0 aliphatic heterocycles. The predicted molar refractivity (Wildman–Crippen MR) is 148 cm³/mol. The summed E-state index contributed by atoms with van der Waals surface area (Å²) >= 11 is 0. The monoisotopic (exact) mass is 464 g/mol. The van der Waals surface area contributed by atoms with Crippen molar-refractivity contribution >= 4 is 28.0 Å². The third-order valence-electron chi connectivity index (χ3n) is 6.50. The van der Waals surface area contributed by atoms with Crippen LogP contribution in [0.4, 0.5) is 17.1 Å². The maximum Gasteiger partial charge on any atom is 0.0919 e. The van der Waals surface area contributed by atoms with Gasteiger partial charge in [0.1, 0.15) is 0 Å². The van der Waals surface area contributed by atoms with Crippen LogP contribution < -0.4 is 4.90 Å². The predicted octanol–water partition coefficient (Wildman–Crippen LogP) is 8.14. The summed E-state index contributed by atoms with van der Waals surface area (Å²) in [5.41, 5.74) is 10.1. The summed E-state index contributed by atoms with van der Waals surface area (Å²) in [4.78, 5) is 6.86. The molecule has 2 heterocycles. The van der Waals surface area contributed by atoms with Crippen molar-refractivity contribution in [2.75, 3.05) is 4.90 Å². The number of benzene rings is 4. The Morgan fingerprint density at radius 3 is 1.78 bits per heavy atom. The molecule has 0 spiro atoms. The van der Waals surface area contributed by atoms with E-state index >= 15 is 0 Å². The Morgan fingerprint density at radius 2 is 1.11 bits per heavy atom. The molecule has 36 heavy (non-hydrogen) atoms. The van der Waals surface area contributed by atoms with Crippen molar-refractivity contribution in [2.24, 2.45) is 0 Å². The van der Waals surface area contributed by atoms with E-state index in [1.165, 1.54) is 16.7 Å². The van der Waals surface area contributed by atoms with Gasteiger partial charge in [-0.1, -0.05) is 66.7 Å². The van der Waals surface area contributed by atoms with Gasteiger partial charge in [0.2, 0.25) is 0 Å². The lowest BCUT2D eigenvalue weighted by Gasteiger charge is -2.25. The molecule has 0 aliphatic rings. The van der Waals surface area contributed by atoms with Crippen LogP contribution in [0.15, 0.2) is 128 Å². The van der Waals surface area contributed by atoms with Gasteiger partial charge in [-0.15, -0.1) is 0 Å². The number of anilines is 3. The van der Waals surface area contributed by atoms with Crippen LogP contribution in [0.2, 0.25) is 0 Å². The van der Waals surface area contributed by atoms with Crippen molar-refractivity contribution < 1.29 is 0 Å². The molecule has 0 aliphatic carbocycles. The summed E-state index contributed by atoms with van der Waals surface area (Å²) in [6.45, 7) is 2.17. The van der Waals surface area contributed by atoms with Gasteiger partial charge in [0.15, 0.2) is 0 Å². The van der Waals surface area contributed by atoms with Crippen molar-refractivity contribution in [1.82, 2.24) is 15.2 Å². The van der Waals surface area contributed by atoms with E-state index in [1.54, 1.807) is 12.4 Å². The largest absolute Gasteiger partial charge is 0.311 e. The summed E-state index contributed by atoms with van der Waals surface area (Å²) < 4.78 is 0. The summed E-state index contributed by atoms with van der Waals surface area (Å²) in [6, 6.07) is 38.3. The SMILES string of the molecule is Cc1c(-c2ccc(N(c3ccccc3)c3ccccc3)cc2)cccc1-c1cnc2cnncc2c1. The first-order chi connectivity index (χ1) is 17.8. The van der Waals surface area contributed by atoms with Gasteiger partial charge in [0, 0.05) is 34.2 Å². The van der Waals surface area contributed by atoms with E-state index in [0.29, 0.717) is 0 Å². The van der Waals surface area contributed by atoms with E-state index in [4.69, 9.17) is 0 Å². The highest BCUT2D eigenvalue weighted by Crippen LogP contribution is 2.37. The van der Waals surface area contributed by atoms with E-state index in [9.17, 15) is 0 Å². The van der Waals surface area contributed by atoms with E-state index < -0.39 is 0 Å². The number of fused-ring (bicyclic) bond motifs is 1. The Morgan fingerprint density at radius 1 is 0.528 bits per heavy atom. The molecule has 0 atom stereocenters. The molecule has 172 valence electrons. The number of aromatic nitrogens is 3. The number of nitrogens with zero attached hydrogens (tertiary/aromatic N) is 4. The molecule has 0 unspecified atom stereocenters. The van der Waals surface area contributed by atoms with Crippen molar-refractivity contribution in [3.05, 3.63) is 133 Å². The number of pyridine rings is 1. The summed E-state index contributed by atoms with van der Waals surface area (Å²) in [5, 5.41) is 8.92. The maximum absolute atomic E-state index is 4.58. The summed E-state index contributed by atoms with van der Waals surface area (Å²) in [5.74, 6) is 0. The lowest BCUT2D eigenvalue weighted by Crippen LogP contribution is -2.09. The van der Waals surface area contributed by atoms with Crippen LogP contribution in [0.25, 0.3) is 33.2 Å². The standard InChI is InChI=1S/C32H24N4/c1-23-30(13-8-14-31(23)25-19-26-21-34-35-22-32(26)33-20-25)24-15-17-29(18-16-24)36(27-9-4-2-5-10-27)28-11-6-3-7-12-28/h2-22H,1H3. The van der Waals surface area contributed by atoms with Gasteiger partial charge < -0.3 is 4.90 Å². The average Bonchev–Trinajstić information content (AvgIpc) is 2.95. The zero-order chi connectivity index (χ0) is 24.3. The lowest BCUT2D eigenvalue weighted by molar-refractivity contribution is 1.04. The van der Waals surface area contributed by atoms with Gasteiger partial charge in [0.05, 0.1) is 17.9 Å². The molecule has 4 aromatic carbocycles. The molecule has 0 saturated carbocycles. The Labute approximate surface area is 210 Å². The molecule has 6 aromatic rings. The number of hydrogen-bond donors (Lipinski definition) is 0. The maximum atomic E-state index is 4.58. The Hall–Kier alpha value is -4.83. The second-order valence-corrected chi connectivity index (χ2v) is 8.72. The van der Waals surface area contributed by atoms with Crippen LogP contribution in [0.1, 0.15) is 5.56 Å². The van der Waals surface area contributed by atoms with Gasteiger partial charge in [-0.25, -0.2) is 0 Å². The molecule has 0 bridgehead atoms. The van der Waals surface area contributed by atoms with Crippen molar-refractivity contribution in [2.45, 2.75) is 6.92 Å². The van der Waals surface area contributed by atoms with Crippen LogP contribution in [0, 0.1) is 6.92 Å². The molecule has 4 heteroatoms. The highest BCUT2D eigenvalue weighted by atomic mass is 15.1. The molecular formula is C32H24N4. The van der Waals surface area contributed by atoms with Gasteiger partial charge in [-0.2, -0.15) is 10.2 Å². The quantitative estimate of drug-likeness (QED) is 0.258. The number of hydrogen-bond acceptors (Lipinski definition) is 4. The minimum atomic E-state index is 0.847. The molecule has 0 N–H and O–H groups in total. The molecule has 6 rings (SSSR count). The fraction of sp³-hybridized carbons (Fsp3) is 0.0312. The van der Waals surface area contributed by atoms with Crippen LogP contribution in [-0.4, -0.2) is 15.2 Å². The van der Waals surface area contributed by atoms with Gasteiger partial charge >= 0.3 is 0 Å².